The molecule has 6 aromatic rings. The lowest BCUT2D eigenvalue weighted by Crippen LogP contribution is -2.60. The molecule has 3 N–H and O–H groups in total. The number of hydrogen-bond donors (Lipinski definition) is 2. The summed E-state index contributed by atoms with van der Waals surface area (Å²) in [5, 5.41) is 19.8. The van der Waals surface area contributed by atoms with Crippen LogP contribution in [0.3, 0.4) is 0 Å². The largest absolute Gasteiger partial charge is 0.389 e. The number of benzene rings is 3. The highest BCUT2D eigenvalue weighted by atomic mass is 16.3. The fraction of sp³-hybridized carbons (Fsp3) is 0.212. The molecule has 3 aromatic carbocycles. The summed E-state index contributed by atoms with van der Waals surface area (Å²) in [4.78, 5) is 10.4. The van der Waals surface area contributed by atoms with Gasteiger partial charge in [-0.3, -0.25) is 4.40 Å². The van der Waals surface area contributed by atoms with E-state index >= 15 is 0 Å². The Bertz CT molecular complexity index is 1870. The third kappa shape index (κ3) is 3.66. The molecule has 7 nitrogen and oxygen atoms in total. The number of nitrogens with two attached hydrogens (primary N) is 1. The third-order valence-corrected chi connectivity index (χ3v) is 8.59. The topological polar surface area (TPSA) is 102 Å². The molecule has 7 heteroatoms. The Balaban J connectivity index is 1.27. The van der Waals surface area contributed by atoms with Gasteiger partial charge in [0.05, 0.1) is 17.0 Å². The average molecular weight is 525 g/mol. The molecule has 0 atom stereocenters. The second-order valence-corrected chi connectivity index (χ2v) is 11.4. The van der Waals surface area contributed by atoms with Crippen molar-refractivity contribution in [2.45, 2.75) is 36.8 Å². The SMILES string of the molecule is N[C@]1(c2ccc(-c3nc4ccc5nnc(-c6ccccc6)n5c4nc3-c3ccccc3)cc2)C[C@](O)(C2CC2)C1. The zero-order valence-corrected chi connectivity index (χ0v) is 21.9. The molecule has 40 heavy (non-hydrogen) atoms. The molecule has 0 radical (unpaired) electrons. The predicted molar refractivity (Wildman–Crippen MR) is 155 cm³/mol. The minimum Gasteiger partial charge on any atom is -0.389 e. The van der Waals surface area contributed by atoms with Gasteiger partial charge in [-0.2, -0.15) is 0 Å². The first-order valence-electron chi connectivity index (χ1n) is 13.8. The molecule has 2 aliphatic rings. The highest BCUT2D eigenvalue weighted by Gasteiger charge is 2.58. The maximum atomic E-state index is 10.9. The summed E-state index contributed by atoms with van der Waals surface area (Å²) in [6.45, 7) is 0. The lowest BCUT2D eigenvalue weighted by atomic mass is 9.60. The van der Waals surface area contributed by atoms with Crippen LogP contribution in [0.15, 0.2) is 97.1 Å². The van der Waals surface area contributed by atoms with Crippen molar-refractivity contribution in [1.82, 2.24) is 24.6 Å². The van der Waals surface area contributed by atoms with E-state index in [4.69, 9.17) is 15.7 Å². The number of aliphatic hydroxyl groups is 1. The van der Waals surface area contributed by atoms with Gasteiger partial charge >= 0.3 is 0 Å². The van der Waals surface area contributed by atoms with E-state index in [1.807, 2.05) is 65.1 Å². The van der Waals surface area contributed by atoms with E-state index in [1.54, 1.807) is 0 Å². The normalized spacial score (nSPS) is 22.4. The number of fused-ring (bicyclic) bond motifs is 3. The molecular formula is C33H28N6O. The Kier molecular flexibility index (Phi) is 4.99. The average Bonchev–Trinajstić information content (AvgIpc) is 3.76. The molecule has 0 amide bonds. The lowest BCUT2D eigenvalue weighted by molar-refractivity contribution is -0.106. The van der Waals surface area contributed by atoms with Crippen molar-refractivity contribution in [3.8, 4) is 33.9 Å². The summed E-state index contributed by atoms with van der Waals surface area (Å²) >= 11 is 0. The van der Waals surface area contributed by atoms with E-state index in [2.05, 4.69) is 46.6 Å². The first-order valence-corrected chi connectivity index (χ1v) is 13.8. The van der Waals surface area contributed by atoms with E-state index in [9.17, 15) is 5.11 Å². The number of nitrogens with zero attached hydrogens (tertiary/aromatic N) is 5. The Morgan fingerprint density at radius 3 is 2.00 bits per heavy atom. The Hall–Kier alpha value is -4.46. The van der Waals surface area contributed by atoms with Crippen LogP contribution in [-0.2, 0) is 5.54 Å². The third-order valence-electron chi connectivity index (χ3n) is 8.59. The molecular weight excluding hydrogens is 496 g/mol. The van der Waals surface area contributed by atoms with Gasteiger partial charge in [0.1, 0.15) is 5.52 Å². The van der Waals surface area contributed by atoms with Crippen molar-refractivity contribution >= 4 is 16.8 Å². The van der Waals surface area contributed by atoms with Gasteiger partial charge in [0, 0.05) is 22.2 Å². The van der Waals surface area contributed by atoms with Crippen molar-refractivity contribution in [3.63, 3.8) is 0 Å². The van der Waals surface area contributed by atoms with E-state index < -0.39 is 11.1 Å². The lowest BCUT2D eigenvalue weighted by Gasteiger charge is -2.52. The van der Waals surface area contributed by atoms with Crippen LogP contribution in [0.5, 0.6) is 0 Å². The van der Waals surface area contributed by atoms with Gasteiger partial charge < -0.3 is 10.8 Å². The van der Waals surface area contributed by atoms with Crippen LogP contribution >= 0.6 is 0 Å². The number of rotatable bonds is 5. The second kappa shape index (κ2) is 8.52. The molecule has 2 fully saturated rings. The predicted octanol–water partition coefficient (Wildman–Crippen LogP) is 5.76. The molecule has 196 valence electrons. The zero-order valence-electron chi connectivity index (χ0n) is 21.9. The monoisotopic (exact) mass is 524 g/mol. The molecule has 2 saturated carbocycles. The van der Waals surface area contributed by atoms with Crippen molar-refractivity contribution < 1.29 is 5.11 Å². The second-order valence-electron chi connectivity index (χ2n) is 11.4. The summed E-state index contributed by atoms with van der Waals surface area (Å²) in [6, 6.07) is 32.4. The summed E-state index contributed by atoms with van der Waals surface area (Å²) in [5.41, 5.74) is 13.4. The smallest absolute Gasteiger partial charge is 0.170 e. The van der Waals surface area contributed by atoms with Crippen molar-refractivity contribution in [2.24, 2.45) is 11.7 Å². The maximum Gasteiger partial charge on any atom is 0.170 e. The van der Waals surface area contributed by atoms with Crippen LogP contribution in [-0.4, -0.2) is 35.3 Å². The van der Waals surface area contributed by atoms with E-state index in [0.29, 0.717) is 24.4 Å². The molecule has 0 spiro atoms. The van der Waals surface area contributed by atoms with E-state index in [1.165, 1.54) is 0 Å². The first-order chi connectivity index (χ1) is 19.5. The van der Waals surface area contributed by atoms with Gasteiger partial charge in [-0.15, -0.1) is 10.2 Å². The van der Waals surface area contributed by atoms with Gasteiger partial charge in [-0.1, -0.05) is 84.9 Å². The molecule has 0 saturated heterocycles. The molecule has 0 aliphatic heterocycles. The van der Waals surface area contributed by atoms with Gasteiger partial charge in [-0.25, -0.2) is 9.97 Å². The molecule has 3 aromatic heterocycles. The molecule has 3 heterocycles. The highest BCUT2D eigenvalue weighted by molar-refractivity contribution is 5.87. The Morgan fingerprint density at radius 1 is 0.700 bits per heavy atom. The van der Waals surface area contributed by atoms with E-state index in [-0.39, 0.29) is 0 Å². The minimum absolute atomic E-state index is 0.421. The molecule has 0 bridgehead atoms. The number of hydrogen-bond acceptors (Lipinski definition) is 6. The van der Waals surface area contributed by atoms with Crippen molar-refractivity contribution in [2.75, 3.05) is 0 Å². The first kappa shape index (κ1) is 23.4. The van der Waals surface area contributed by atoms with Gasteiger partial charge in [-0.05, 0) is 49.3 Å². The van der Waals surface area contributed by atoms with Gasteiger partial charge in [0.2, 0.25) is 0 Å². The maximum absolute atomic E-state index is 10.9. The zero-order chi connectivity index (χ0) is 26.9. The summed E-state index contributed by atoms with van der Waals surface area (Å²) in [5.74, 6) is 1.15. The fourth-order valence-electron chi connectivity index (χ4n) is 6.37. The highest BCUT2D eigenvalue weighted by Crippen LogP contribution is 2.57. The molecule has 2 aliphatic carbocycles. The van der Waals surface area contributed by atoms with E-state index in [0.717, 1.165) is 63.5 Å². The van der Waals surface area contributed by atoms with Crippen molar-refractivity contribution in [3.05, 3.63) is 103 Å². The van der Waals surface area contributed by atoms with Crippen LogP contribution in [0.2, 0.25) is 0 Å². The van der Waals surface area contributed by atoms with Crippen LogP contribution < -0.4 is 5.73 Å². The quantitative estimate of drug-likeness (QED) is 0.297. The summed E-state index contributed by atoms with van der Waals surface area (Å²) < 4.78 is 1.98. The summed E-state index contributed by atoms with van der Waals surface area (Å²) in [6.07, 6.45) is 3.47. The number of aromatic nitrogens is 5. The van der Waals surface area contributed by atoms with Crippen molar-refractivity contribution in [1.29, 1.82) is 0 Å². The van der Waals surface area contributed by atoms with Crippen LogP contribution in [0.4, 0.5) is 0 Å². The van der Waals surface area contributed by atoms with Gasteiger partial charge in [0.15, 0.2) is 17.1 Å². The Labute approximate surface area is 231 Å². The standard InChI is InChI=1S/C33H28N6O/c34-32(19-33(40,20-32)25-15-16-25)24-13-11-22(12-14-24)28-29(21-7-3-1-4-8-21)36-31-26(35-28)17-18-27-37-38-30(39(27)31)23-9-5-2-6-10-23/h1-14,17-18,25,40H,15-16,19-20,34H2/t32-,33-. The Morgan fingerprint density at radius 2 is 1.32 bits per heavy atom. The summed E-state index contributed by atoms with van der Waals surface area (Å²) in [7, 11) is 0. The minimum atomic E-state index is -0.593. The number of pyridine rings is 1. The molecule has 8 rings (SSSR count). The van der Waals surface area contributed by atoms with Crippen LogP contribution in [0.1, 0.15) is 31.2 Å². The van der Waals surface area contributed by atoms with Crippen LogP contribution in [0, 0.1) is 5.92 Å². The van der Waals surface area contributed by atoms with Crippen LogP contribution in [0.25, 0.3) is 50.7 Å². The molecule has 0 unspecified atom stereocenters. The van der Waals surface area contributed by atoms with Gasteiger partial charge in [0.25, 0.3) is 0 Å². The fourth-order valence-corrected chi connectivity index (χ4v) is 6.37.